The molecule has 0 fully saturated rings. The van der Waals surface area contributed by atoms with E-state index in [1.54, 1.807) is 0 Å². The van der Waals surface area contributed by atoms with Gasteiger partial charge in [0.1, 0.15) is 0 Å². The van der Waals surface area contributed by atoms with Gasteiger partial charge in [-0.25, -0.2) is 16.8 Å². The summed E-state index contributed by atoms with van der Waals surface area (Å²) in [6, 6.07) is 50.6. The minimum absolute atomic E-state index is 0.0146. The second kappa shape index (κ2) is 20.3. The standard InChI is InChI=1S/C20H26I.C18H15S.2CHF3O3S/c1-19(2,3)15-7-11-17(12-8-15)21-18-13-9-16(10-14-18)20(4,5)6;1-4-10-16(11-5-1)19(17-12-6-2-7-13-17)18-14-8-3-9-15-18;2*2-1(3,4)8(5,6)7/h7-14H,1-6H3;1-15H;2*(H,5,6,7)/q2*+1;;/p-2. The van der Waals surface area contributed by atoms with Crippen molar-refractivity contribution >= 4 is 31.1 Å². The smallest absolute Gasteiger partial charge is 0.485 e. The molecule has 304 valence electrons. The second-order valence-corrected chi connectivity index (χ2v) is 21.5. The van der Waals surface area contributed by atoms with Crippen LogP contribution in [-0.2, 0) is 42.0 Å². The molecule has 56 heavy (non-hydrogen) atoms. The lowest BCUT2D eigenvalue weighted by Crippen LogP contribution is -3.61. The van der Waals surface area contributed by atoms with E-state index in [2.05, 4.69) is 181 Å². The van der Waals surface area contributed by atoms with Gasteiger partial charge in [0.05, 0.1) is 10.9 Å². The first-order chi connectivity index (χ1) is 25.6. The molecule has 0 radical (unpaired) electrons. The maximum atomic E-state index is 10.7. The highest BCUT2D eigenvalue weighted by Gasteiger charge is 2.37. The molecule has 0 atom stereocenters. The van der Waals surface area contributed by atoms with Gasteiger partial charge in [-0.3, -0.25) is 0 Å². The fraction of sp³-hybridized carbons (Fsp3) is 0.250. The summed E-state index contributed by atoms with van der Waals surface area (Å²) in [6.07, 6.45) is 0. The van der Waals surface area contributed by atoms with Crippen LogP contribution in [-0.4, -0.2) is 37.0 Å². The van der Waals surface area contributed by atoms with Gasteiger partial charge >= 0.3 is 32.2 Å². The zero-order chi connectivity index (χ0) is 42.6. The number of hydrogen-bond acceptors (Lipinski definition) is 6. The summed E-state index contributed by atoms with van der Waals surface area (Å²) in [5.41, 5.74) is -7.98. The Balaban J connectivity index is 0.000000283. The first kappa shape index (κ1) is 48.7. The zero-order valence-corrected chi connectivity index (χ0v) is 35.7. The van der Waals surface area contributed by atoms with E-state index in [-0.39, 0.29) is 42.9 Å². The van der Waals surface area contributed by atoms with Crippen molar-refractivity contribution in [2.45, 2.75) is 78.1 Å². The maximum Gasteiger partial charge on any atom is 0.485 e. The van der Waals surface area contributed by atoms with Crippen molar-refractivity contribution in [3.63, 3.8) is 0 Å². The van der Waals surface area contributed by atoms with Crippen molar-refractivity contribution in [1.29, 1.82) is 0 Å². The Labute approximate surface area is 338 Å². The van der Waals surface area contributed by atoms with Crippen LogP contribution in [0.15, 0.2) is 154 Å². The van der Waals surface area contributed by atoms with E-state index in [0.29, 0.717) is 0 Å². The van der Waals surface area contributed by atoms with Gasteiger partial charge in [0.2, 0.25) is 0 Å². The van der Waals surface area contributed by atoms with Crippen molar-refractivity contribution in [2.24, 2.45) is 0 Å². The van der Waals surface area contributed by atoms with Crippen molar-refractivity contribution in [1.82, 2.24) is 0 Å². The predicted molar refractivity (Wildman–Crippen MR) is 201 cm³/mol. The average molecular weight is 955 g/mol. The first-order valence-corrected chi connectivity index (χ1v) is 22.6. The van der Waals surface area contributed by atoms with Crippen LogP contribution in [0.3, 0.4) is 0 Å². The van der Waals surface area contributed by atoms with Crippen LogP contribution in [0.1, 0.15) is 52.7 Å². The molecule has 0 aromatic heterocycles. The SMILES string of the molecule is CC(C)(C)c1ccc([I+]c2ccc(C(C)(C)C)cc2)cc1.O=S(=O)([O-])C(F)(F)F.O=S(=O)([O-])C(F)(F)F.c1ccc([S+](c2ccccc2)c2ccccc2)cc1. The summed E-state index contributed by atoms with van der Waals surface area (Å²) in [7, 11) is -12.2. The van der Waals surface area contributed by atoms with E-state index in [4.69, 9.17) is 25.9 Å². The second-order valence-electron chi connectivity index (χ2n) is 13.7. The van der Waals surface area contributed by atoms with Crippen molar-refractivity contribution in [3.8, 4) is 0 Å². The Bertz CT molecular complexity index is 1950. The van der Waals surface area contributed by atoms with E-state index >= 15 is 0 Å². The number of hydrogen-bond donors (Lipinski definition) is 0. The summed E-state index contributed by atoms with van der Waals surface area (Å²) in [6.45, 7) is 13.6. The van der Waals surface area contributed by atoms with Crippen LogP contribution in [0, 0.1) is 7.14 Å². The minimum Gasteiger partial charge on any atom is -0.741 e. The Morgan fingerprint density at radius 3 is 0.821 bits per heavy atom. The lowest BCUT2D eigenvalue weighted by Gasteiger charge is -2.18. The number of halogens is 7. The van der Waals surface area contributed by atoms with Crippen LogP contribution in [0.4, 0.5) is 26.3 Å². The molecule has 0 unspecified atom stereocenters. The van der Waals surface area contributed by atoms with Gasteiger partial charge in [0.15, 0.2) is 42.1 Å². The van der Waals surface area contributed by atoms with Gasteiger partial charge in [-0.05, 0) is 82.6 Å². The molecule has 0 bridgehead atoms. The van der Waals surface area contributed by atoms with Crippen LogP contribution >= 0.6 is 0 Å². The third-order valence-electron chi connectivity index (χ3n) is 7.14. The maximum absolute atomic E-state index is 10.7. The third-order valence-corrected chi connectivity index (χ3v) is 13.2. The predicted octanol–water partition coefficient (Wildman–Crippen LogP) is 7.29. The number of rotatable bonds is 5. The Morgan fingerprint density at radius 1 is 0.429 bits per heavy atom. The molecule has 0 spiro atoms. The fourth-order valence-electron chi connectivity index (χ4n) is 4.23. The number of alkyl halides is 6. The molecule has 0 aliphatic heterocycles. The molecule has 16 heteroatoms. The van der Waals surface area contributed by atoms with E-state index in [1.807, 2.05) is 0 Å². The highest BCUT2D eigenvalue weighted by atomic mass is 127. The lowest BCUT2D eigenvalue weighted by molar-refractivity contribution is -0.597. The minimum atomic E-state index is -6.09. The molecule has 5 rings (SSSR count). The largest absolute Gasteiger partial charge is 0.741 e. The summed E-state index contributed by atoms with van der Waals surface area (Å²) in [5.74, 6) is 0. The molecule has 0 heterocycles. The normalized spacial score (nSPS) is 12.3. The van der Waals surface area contributed by atoms with E-state index in [9.17, 15) is 26.3 Å². The molecule has 0 amide bonds. The summed E-state index contributed by atoms with van der Waals surface area (Å²) < 4.78 is 121. The van der Waals surface area contributed by atoms with Gasteiger partial charge in [-0.2, -0.15) is 26.3 Å². The topological polar surface area (TPSA) is 114 Å². The number of benzene rings is 5. The van der Waals surface area contributed by atoms with Crippen LogP contribution < -0.4 is 21.2 Å². The first-order valence-electron chi connectivity index (χ1n) is 16.4. The molecule has 6 nitrogen and oxygen atoms in total. The average Bonchev–Trinajstić information content (AvgIpc) is 3.09. The van der Waals surface area contributed by atoms with Crippen LogP contribution in [0.2, 0.25) is 0 Å². The summed E-state index contributed by atoms with van der Waals surface area (Å²) in [4.78, 5) is 4.08. The third kappa shape index (κ3) is 16.6. The highest BCUT2D eigenvalue weighted by Crippen LogP contribution is 2.30. The summed E-state index contributed by atoms with van der Waals surface area (Å²) >= 11 is -0.0703. The Hall–Kier alpha value is -3.42. The van der Waals surface area contributed by atoms with Crippen LogP contribution in [0.25, 0.3) is 0 Å². The van der Waals surface area contributed by atoms with E-state index in [1.165, 1.54) is 33.0 Å². The monoisotopic (exact) mass is 954 g/mol. The highest BCUT2D eigenvalue weighted by molar-refractivity contribution is 7.97. The van der Waals surface area contributed by atoms with Gasteiger partial charge in [-0.1, -0.05) is 120 Å². The van der Waals surface area contributed by atoms with Crippen LogP contribution in [0.5, 0.6) is 0 Å². The lowest BCUT2D eigenvalue weighted by atomic mass is 9.87. The molecule has 0 aliphatic carbocycles. The molecule has 0 N–H and O–H groups in total. The molecule has 0 saturated heterocycles. The molecule has 5 aromatic rings. The van der Waals surface area contributed by atoms with Crippen molar-refractivity contribution < 1.29 is 73.5 Å². The molecular formula is C40H41F6IO6S3. The molecular weight excluding hydrogens is 914 g/mol. The Kier molecular flexibility index (Phi) is 17.7. The summed E-state index contributed by atoms with van der Waals surface area (Å²) in [5, 5.41) is 0. The zero-order valence-electron chi connectivity index (χ0n) is 31.1. The van der Waals surface area contributed by atoms with Gasteiger partial charge < -0.3 is 9.11 Å². The Morgan fingerprint density at radius 2 is 0.643 bits per heavy atom. The quantitative estimate of drug-likeness (QED) is 0.0602. The van der Waals surface area contributed by atoms with E-state index in [0.717, 1.165) is 0 Å². The molecule has 0 aliphatic rings. The van der Waals surface area contributed by atoms with Crippen molar-refractivity contribution in [3.05, 3.63) is 158 Å². The molecule has 0 saturated carbocycles. The molecule has 5 aromatic carbocycles. The fourth-order valence-corrected chi connectivity index (χ4v) is 8.49. The van der Waals surface area contributed by atoms with Gasteiger partial charge in [0.25, 0.3) is 0 Å². The van der Waals surface area contributed by atoms with E-state index < -0.39 is 31.3 Å². The van der Waals surface area contributed by atoms with Crippen molar-refractivity contribution in [2.75, 3.05) is 0 Å². The van der Waals surface area contributed by atoms with Gasteiger partial charge in [-0.15, -0.1) is 0 Å². The van der Waals surface area contributed by atoms with Gasteiger partial charge in [0, 0.05) is 0 Å².